The number of pyridine rings is 1. The molecule has 10 heteroatoms. The van der Waals surface area contributed by atoms with E-state index in [0.29, 0.717) is 17.5 Å². The van der Waals surface area contributed by atoms with Gasteiger partial charge in [0, 0.05) is 7.05 Å². The Morgan fingerprint density at radius 3 is 2.28 bits per heavy atom. The van der Waals surface area contributed by atoms with Gasteiger partial charge in [-0.15, -0.1) is 0 Å². The SMILES string of the molecule is CCc1c(C#N)c(SC(C(N)=O)c2ccccc2)nc(N(C)CC(C)(O)C(N)=O)c1C#N. The highest BCUT2D eigenvalue weighted by Crippen LogP contribution is 2.39. The molecule has 2 unspecified atom stereocenters. The maximum Gasteiger partial charge on any atom is 0.250 e. The number of rotatable bonds is 9. The molecule has 2 amide bonds. The lowest BCUT2D eigenvalue weighted by Crippen LogP contribution is -2.49. The van der Waals surface area contributed by atoms with E-state index in [0.717, 1.165) is 11.8 Å². The molecule has 166 valence electrons. The second kappa shape index (κ2) is 10.1. The number of nitrogens with zero attached hydrogens (tertiary/aromatic N) is 4. The quantitative estimate of drug-likeness (QED) is 0.479. The highest BCUT2D eigenvalue weighted by molar-refractivity contribution is 8.00. The molecule has 5 N–H and O–H groups in total. The highest BCUT2D eigenvalue weighted by Gasteiger charge is 2.32. The van der Waals surface area contributed by atoms with Crippen LogP contribution in [0.3, 0.4) is 0 Å². The average molecular weight is 453 g/mol. The molecule has 1 heterocycles. The largest absolute Gasteiger partial charge is 0.378 e. The molecule has 0 fully saturated rings. The Morgan fingerprint density at radius 2 is 1.81 bits per heavy atom. The monoisotopic (exact) mass is 452 g/mol. The van der Waals surface area contributed by atoms with Gasteiger partial charge in [-0.05, 0) is 24.5 Å². The molecule has 0 aliphatic carbocycles. The summed E-state index contributed by atoms with van der Waals surface area (Å²) in [7, 11) is 1.54. The topological polar surface area (TPSA) is 170 Å². The summed E-state index contributed by atoms with van der Waals surface area (Å²) in [5.74, 6) is -1.38. The third-order valence-corrected chi connectivity index (χ3v) is 6.11. The number of nitrogens with two attached hydrogens (primary N) is 2. The standard InChI is InChI=1S/C22H24N6O3S/c1-4-14-15(10-23)19(28(3)12-22(2,31)21(26)30)27-20(16(14)11-24)32-17(18(25)29)13-8-6-5-7-9-13/h5-9,17,31H,4,12H2,1-3H3,(H2,25,29)(H2,26,30). The summed E-state index contributed by atoms with van der Waals surface area (Å²) >= 11 is 1.01. The van der Waals surface area contributed by atoms with E-state index in [9.17, 15) is 25.2 Å². The second-order valence-electron chi connectivity index (χ2n) is 7.35. The molecule has 0 aliphatic heterocycles. The minimum Gasteiger partial charge on any atom is -0.378 e. The number of hydrogen-bond donors (Lipinski definition) is 3. The van der Waals surface area contributed by atoms with E-state index in [-0.39, 0.29) is 28.5 Å². The van der Waals surface area contributed by atoms with Crippen LogP contribution in [0.15, 0.2) is 35.4 Å². The van der Waals surface area contributed by atoms with Crippen LogP contribution in [-0.2, 0) is 16.0 Å². The van der Waals surface area contributed by atoms with Crippen molar-refractivity contribution < 1.29 is 14.7 Å². The third kappa shape index (κ3) is 5.17. The van der Waals surface area contributed by atoms with E-state index in [1.54, 1.807) is 44.3 Å². The van der Waals surface area contributed by atoms with Crippen LogP contribution in [0.2, 0.25) is 0 Å². The van der Waals surface area contributed by atoms with E-state index in [1.165, 1.54) is 11.8 Å². The van der Waals surface area contributed by atoms with Crippen LogP contribution in [0.4, 0.5) is 5.82 Å². The molecule has 0 saturated carbocycles. The van der Waals surface area contributed by atoms with Crippen molar-refractivity contribution in [2.24, 2.45) is 11.5 Å². The van der Waals surface area contributed by atoms with Crippen molar-refractivity contribution in [2.45, 2.75) is 36.1 Å². The summed E-state index contributed by atoms with van der Waals surface area (Å²) in [6.07, 6.45) is 0.349. The Morgan fingerprint density at radius 1 is 1.22 bits per heavy atom. The summed E-state index contributed by atoms with van der Waals surface area (Å²) in [5.41, 5.74) is 10.4. The van der Waals surface area contributed by atoms with Crippen LogP contribution >= 0.6 is 11.8 Å². The fourth-order valence-electron chi connectivity index (χ4n) is 3.19. The summed E-state index contributed by atoms with van der Waals surface area (Å²) in [6, 6.07) is 13.0. The molecule has 2 atom stereocenters. The zero-order chi connectivity index (χ0) is 24.1. The van der Waals surface area contributed by atoms with Crippen molar-refractivity contribution in [1.82, 2.24) is 4.98 Å². The molecule has 0 aliphatic rings. The van der Waals surface area contributed by atoms with Gasteiger partial charge in [-0.3, -0.25) is 9.59 Å². The molecule has 2 aromatic rings. The molecule has 2 rings (SSSR count). The van der Waals surface area contributed by atoms with Crippen LogP contribution in [0.25, 0.3) is 0 Å². The summed E-state index contributed by atoms with van der Waals surface area (Å²) < 4.78 is 0. The van der Waals surface area contributed by atoms with Crippen LogP contribution in [0.5, 0.6) is 0 Å². The molecule has 9 nitrogen and oxygen atoms in total. The first-order chi connectivity index (χ1) is 15.1. The number of likely N-dealkylation sites (N-methyl/N-ethyl adjacent to an activating group) is 1. The van der Waals surface area contributed by atoms with Crippen molar-refractivity contribution in [1.29, 1.82) is 10.5 Å². The molecular formula is C22H24N6O3S. The van der Waals surface area contributed by atoms with Crippen LogP contribution in [0.1, 0.15) is 41.4 Å². The molecular weight excluding hydrogens is 428 g/mol. The van der Waals surface area contributed by atoms with Gasteiger partial charge < -0.3 is 21.5 Å². The smallest absolute Gasteiger partial charge is 0.250 e. The Kier molecular flexibility index (Phi) is 7.82. The first-order valence-electron chi connectivity index (χ1n) is 9.68. The summed E-state index contributed by atoms with van der Waals surface area (Å²) in [6.45, 7) is 2.81. The number of anilines is 1. The minimum atomic E-state index is -1.88. The number of hydrogen-bond acceptors (Lipinski definition) is 8. The number of primary amides is 2. The van der Waals surface area contributed by atoms with Gasteiger partial charge in [-0.25, -0.2) is 4.98 Å². The van der Waals surface area contributed by atoms with Crippen molar-refractivity contribution in [3.8, 4) is 12.1 Å². The number of carbonyl (C=O) groups is 2. The fraction of sp³-hybridized carbons (Fsp3) is 0.318. The lowest BCUT2D eigenvalue weighted by molar-refractivity contribution is -0.133. The van der Waals surface area contributed by atoms with E-state index in [2.05, 4.69) is 17.1 Å². The molecule has 0 radical (unpaired) electrons. The van der Waals surface area contributed by atoms with Gasteiger partial charge in [0.2, 0.25) is 5.91 Å². The first kappa shape index (κ1) is 24.7. The molecule has 0 saturated heterocycles. The van der Waals surface area contributed by atoms with Crippen molar-refractivity contribution in [3.63, 3.8) is 0 Å². The average Bonchev–Trinajstić information content (AvgIpc) is 2.75. The Labute approximate surface area is 190 Å². The van der Waals surface area contributed by atoms with Crippen molar-refractivity contribution >= 4 is 29.4 Å². The molecule has 1 aromatic heterocycles. The Bertz CT molecular complexity index is 1110. The van der Waals surface area contributed by atoms with Crippen LogP contribution in [0, 0.1) is 22.7 Å². The van der Waals surface area contributed by atoms with Gasteiger partial charge in [0.1, 0.15) is 28.2 Å². The Balaban J connectivity index is 2.66. The zero-order valence-corrected chi connectivity index (χ0v) is 18.8. The van der Waals surface area contributed by atoms with Gasteiger partial charge in [0.05, 0.1) is 17.7 Å². The maximum absolute atomic E-state index is 12.2. The number of amides is 2. The normalized spacial score (nSPS) is 13.3. The van der Waals surface area contributed by atoms with Crippen molar-refractivity contribution in [2.75, 3.05) is 18.5 Å². The van der Waals surface area contributed by atoms with Crippen molar-refractivity contribution in [3.05, 3.63) is 52.6 Å². The molecule has 0 bridgehead atoms. The fourth-order valence-corrected chi connectivity index (χ4v) is 4.25. The Hall–Kier alpha value is -3.60. The minimum absolute atomic E-state index is 0.145. The number of aliphatic hydroxyl groups is 1. The van der Waals surface area contributed by atoms with E-state index < -0.39 is 22.7 Å². The number of benzene rings is 1. The first-order valence-corrected chi connectivity index (χ1v) is 10.6. The van der Waals surface area contributed by atoms with E-state index in [1.807, 2.05) is 0 Å². The number of carbonyl (C=O) groups excluding carboxylic acids is 2. The summed E-state index contributed by atoms with van der Waals surface area (Å²) in [4.78, 5) is 29.7. The molecule has 0 spiro atoms. The number of thioether (sulfide) groups is 1. The van der Waals surface area contributed by atoms with Gasteiger partial charge in [0.15, 0.2) is 5.60 Å². The predicted octanol–water partition coefficient (Wildman–Crippen LogP) is 1.38. The highest BCUT2D eigenvalue weighted by atomic mass is 32.2. The number of nitriles is 2. The van der Waals surface area contributed by atoms with Gasteiger partial charge in [0.25, 0.3) is 5.91 Å². The van der Waals surface area contributed by atoms with E-state index >= 15 is 0 Å². The second-order valence-corrected chi connectivity index (χ2v) is 8.45. The zero-order valence-electron chi connectivity index (χ0n) is 18.0. The van der Waals surface area contributed by atoms with E-state index in [4.69, 9.17) is 11.5 Å². The van der Waals surface area contributed by atoms with Crippen LogP contribution < -0.4 is 16.4 Å². The summed E-state index contributed by atoms with van der Waals surface area (Å²) in [5, 5.41) is 29.3. The lowest BCUT2D eigenvalue weighted by atomic mass is 10.0. The number of aromatic nitrogens is 1. The predicted molar refractivity (Wildman–Crippen MR) is 120 cm³/mol. The van der Waals surface area contributed by atoms with Gasteiger partial charge >= 0.3 is 0 Å². The lowest BCUT2D eigenvalue weighted by Gasteiger charge is -2.29. The molecule has 1 aromatic carbocycles. The third-order valence-electron chi connectivity index (χ3n) is 4.85. The molecule has 32 heavy (non-hydrogen) atoms. The maximum atomic E-state index is 12.2. The van der Waals surface area contributed by atoms with Gasteiger partial charge in [-0.2, -0.15) is 10.5 Å². The van der Waals surface area contributed by atoms with Crippen LogP contribution in [-0.4, -0.2) is 41.1 Å². The van der Waals surface area contributed by atoms with Gasteiger partial charge in [-0.1, -0.05) is 49.0 Å².